The zero-order valence-electron chi connectivity index (χ0n) is 9.99. The number of likely N-dealkylation sites (tertiary alicyclic amines) is 1. The van der Waals surface area contributed by atoms with E-state index in [1.165, 1.54) is 51.5 Å². The zero-order valence-corrected chi connectivity index (χ0v) is 9.99. The predicted octanol–water partition coefficient (Wildman–Crippen LogP) is 2.27. The molecule has 1 saturated carbocycles. The monoisotopic (exact) mass is 211 g/mol. The van der Waals surface area contributed by atoms with Gasteiger partial charge in [0.25, 0.3) is 0 Å². The summed E-state index contributed by atoms with van der Waals surface area (Å²) in [6, 6.07) is 0.655. The third-order valence-corrected chi connectivity index (χ3v) is 4.54. The fourth-order valence-corrected chi connectivity index (χ4v) is 3.27. The molecule has 0 bridgehead atoms. The molecule has 1 aliphatic heterocycles. The number of aliphatic hydroxyl groups is 1. The average molecular weight is 211 g/mol. The van der Waals surface area contributed by atoms with Crippen molar-refractivity contribution in [3.8, 4) is 0 Å². The molecule has 2 fully saturated rings. The van der Waals surface area contributed by atoms with Gasteiger partial charge in [-0.2, -0.15) is 0 Å². The molecule has 2 aliphatic rings. The topological polar surface area (TPSA) is 23.5 Å². The van der Waals surface area contributed by atoms with E-state index in [-0.39, 0.29) is 0 Å². The molecule has 1 N–H and O–H groups in total. The van der Waals surface area contributed by atoms with Gasteiger partial charge in [-0.1, -0.05) is 32.1 Å². The molecule has 0 aromatic heterocycles. The lowest BCUT2D eigenvalue weighted by Gasteiger charge is -2.41. The molecule has 1 saturated heterocycles. The molecule has 0 radical (unpaired) electrons. The van der Waals surface area contributed by atoms with Gasteiger partial charge in [-0.05, 0) is 32.4 Å². The van der Waals surface area contributed by atoms with Gasteiger partial charge in [0.05, 0.1) is 0 Å². The van der Waals surface area contributed by atoms with Crippen LogP contribution in [0.15, 0.2) is 0 Å². The van der Waals surface area contributed by atoms with E-state index < -0.39 is 0 Å². The Morgan fingerprint density at radius 2 is 1.93 bits per heavy atom. The molecule has 0 amide bonds. The van der Waals surface area contributed by atoms with E-state index in [0.717, 1.165) is 5.92 Å². The fraction of sp³-hybridized carbons (Fsp3) is 1.00. The lowest BCUT2D eigenvalue weighted by atomic mass is 9.72. The zero-order chi connectivity index (χ0) is 10.7. The summed E-state index contributed by atoms with van der Waals surface area (Å²) in [5.41, 5.74) is 0. The second kappa shape index (κ2) is 5.31. The third kappa shape index (κ3) is 2.54. The van der Waals surface area contributed by atoms with E-state index in [1.807, 2.05) is 0 Å². The molecule has 2 heteroatoms. The molecular weight excluding hydrogens is 186 g/mol. The van der Waals surface area contributed by atoms with Crippen molar-refractivity contribution in [1.29, 1.82) is 0 Å². The van der Waals surface area contributed by atoms with Crippen LogP contribution >= 0.6 is 0 Å². The first kappa shape index (κ1) is 11.4. The van der Waals surface area contributed by atoms with Crippen molar-refractivity contribution in [1.82, 2.24) is 4.90 Å². The van der Waals surface area contributed by atoms with E-state index in [9.17, 15) is 5.11 Å². The standard InChI is InChI=1S/C13H25NO/c1-14-9-4-2-3-8-13(14)12(10-15)11-6-5-7-11/h11-13,15H,2-10H2,1H3. The maximum Gasteiger partial charge on any atom is 0.0476 e. The Labute approximate surface area is 93.7 Å². The molecule has 0 spiro atoms. The summed E-state index contributed by atoms with van der Waals surface area (Å²) < 4.78 is 0. The predicted molar refractivity (Wildman–Crippen MR) is 62.8 cm³/mol. The van der Waals surface area contributed by atoms with Crippen LogP contribution < -0.4 is 0 Å². The van der Waals surface area contributed by atoms with E-state index >= 15 is 0 Å². The van der Waals surface area contributed by atoms with Gasteiger partial charge in [0.1, 0.15) is 0 Å². The van der Waals surface area contributed by atoms with Gasteiger partial charge in [-0.15, -0.1) is 0 Å². The molecule has 2 unspecified atom stereocenters. The summed E-state index contributed by atoms with van der Waals surface area (Å²) in [6.45, 7) is 1.63. The summed E-state index contributed by atoms with van der Waals surface area (Å²) in [4.78, 5) is 2.51. The fourth-order valence-electron chi connectivity index (χ4n) is 3.27. The first-order valence-corrected chi connectivity index (χ1v) is 6.64. The maximum absolute atomic E-state index is 9.60. The molecule has 2 atom stereocenters. The van der Waals surface area contributed by atoms with Gasteiger partial charge in [-0.3, -0.25) is 0 Å². The van der Waals surface area contributed by atoms with Crippen molar-refractivity contribution in [2.24, 2.45) is 11.8 Å². The molecule has 88 valence electrons. The molecule has 0 aromatic carbocycles. The van der Waals surface area contributed by atoms with Crippen LogP contribution in [-0.2, 0) is 0 Å². The Balaban J connectivity index is 1.96. The Morgan fingerprint density at radius 1 is 1.13 bits per heavy atom. The minimum absolute atomic E-state index is 0.402. The molecule has 15 heavy (non-hydrogen) atoms. The second-order valence-electron chi connectivity index (χ2n) is 5.43. The van der Waals surface area contributed by atoms with Crippen LogP contribution in [0, 0.1) is 11.8 Å². The third-order valence-electron chi connectivity index (χ3n) is 4.54. The van der Waals surface area contributed by atoms with Crippen molar-refractivity contribution < 1.29 is 5.11 Å². The SMILES string of the molecule is CN1CCCCCC1C(CO)C1CCC1. The second-order valence-corrected chi connectivity index (χ2v) is 5.43. The van der Waals surface area contributed by atoms with Crippen molar-refractivity contribution in [3.63, 3.8) is 0 Å². The summed E-state index contributed by atoms with van der Waals surface area (Å²) in [5, 5.41) is 9.60. The number of nitrogens with zero attached hydrogens (tertiary/aromatic N) is 1. The first-order valence-electron chi connectivity index (χ1n) is 6.64. The van der Waals surface area contributed by atoms with E-state index in [2.05, 4.69) is 11.9 Å². The first-order chi connectivity index (χ1) is 7.33. The summed E-state index contributed by atoms with van der Waals surface area (Å²) in [7, 11) is 2.25. The molecular formula is C13H25NO. The van der Waals surface area contributed by atoms with Gasteiger partial charge in [-0.25, -0.2) is 0 Å². The van der Waals surface area contributed by atoms with Crippen LogP contribution in [0.3, 0.4) is 0 Å². The Hall–Kier alpha value is -0.0800. The maximum atomic E-state index is 9.60. The average Bonchev–Trinajstić information content (AvgIpc) is 2.36. The van der Waals surface area contributed by atoms with Crippen LogP contribution in [0.25, 0.3) is 0 Å². The van der Waals surface area contributed by atoms with Gasteiger partial charge in [0.2, 0.25) is 0 Å². The minimum atomic E-state index is 0.402. The molecule has 0 aromatic rings. The quantitative estimate of drug-likeness (QED) is 0.774. The van der Waals surface area contributed by atoms with Gasteiger partial charge in [0.15, 0.2) is 0 Å². The normalized spacial score (nSPS) is 32.0. The highest BCUT2D eigenvalue weighted by Crippen LogP contribution is 2.38. The lowest BCUT2D eigenvalue weighted by molar-refractivity contribution is 0.0446. The Kier molecular flexibility index (Phi) is 4.04. The van der Waals surface area contributed by atoms with Gasteiger partial charge >= 0.3 is 0 Å². The number of hydrogen-bond donors (Lipinski definition) is 1. The smallest absolute Gasteiger partial charge is 0.0476 e. The molecule has 1 aliphatic carbocycles. The van der Waals surface area contributed by atoms with Crippen molar-refractivity contribution >= 4 is 0 Å². The Morgan fingerprint density at radius 3 is 2.53 bits per heavy atom. The van der Waals surface area contributed by atoms with Crippen molar-refractivity contribution in [2.45, 2.75) is 51.0 Å². The van der Waals surface area contributed by atoms with Crippen LogP contribution in [0.4, 0.5) is 0 Å². The van der Waals surface area contributed by atoms with Crippen LogP contribution in [0.5, 0.6) is 0 Å². The highest BCUT2D eigenvalue weighted by molar-refractivity contribution is 4.87. The van der Waals surface area contributed by atoms with Crippen LogP contribution in [0.2, 0.25) is 0 Å². The van der Waals surface area contributed by atoms with Gasteiger partial charge < -0.3 is 10.0 Å². The summed E-state index contributed by atoms with van der Waals surface area (Å²) in [5.74, 6) is 1.38. The molecule has 1 heterocycles. The highest BCUT2D eigenvalue weighted by Gasteiger charge is 2.34. The largest absolute Gasteiger partial charge is 0.396 e. The van der Waals surface area contributed by atoms with Crippen molar-refractivity contribution in [2.75, 3.05) is 20.2 Å². The van der Waals surface area contributed by atoms with E-state index in [0.29, 0.717) is 18.6 Å². The lowest BCUT2D eigenvalue weighted by Crippen LogP contribution is -2.44. The van der Waals surface area contributed by atoms with E-state index in [1.54, 1.807) is 0 Å². The number of hydrogen-bond acceptors (Lipinski definition) is 2. The highest BCUT2D eigenvalue weighted by atomic mass is 16.3. The minimum Gasteiger partial charge on any atom is -0.396 e. The van der Waals surface area contributed by atoms with Crippen LogP contribution in [-0.4, -0.2) is 36.2 Å². The van der Waals surface area contributed by atoms with E-state index in [4.69, 9.17) is 0 Å². The van der Waals surface area contributed by atoms with Crippen molar-refractivity contribution in [3.05, 3.63) is 0 Å². The van der Waals surface area contributed by atoms with Crippen LogP contribution in [0.1, 0.15) is 44.9 Å². The summed E-state index contributed by atoms with van der Waals surface area (Å²) in [6.07, 6.45) is 9.48. The molecule has 2 nitrogen and oxygen atoms in total. The Bertz CT molecular complexity index is 191. The summed E-state index contributed by atoms with van der Waals surface area (Å²) >= 11 is 0. The van der Waals surface area contributed by atoms with Gasteiger partial charge in [0, 0.05) is 18.6 Å². The molecule has 2 rings (SSSR count). The number of aliphatic hydroxyl groups excluding tert-OH is 1. The number of rotatable bonds is 3.